The van der Waals surface area contributed by atoms with Crippen molar-refractivity contribution >= 4 is 34.1 Å². The average Bonchev–Trinajstić information content (AvgIpc) is 2.71. The number of ketones is 1. The van der Waals surface area contributed by atoms with Crippen LogP contribution < -0.4 is 4.90 Å². The standard InChI is InChI=1S/C25H25NO4/c1-25(2,3)30-24(29)22(27)16-23(28)26(21-11-5-4-6-12-21)17-18-13-14-19-9-7-8-10-20(19)15-18/h4-15H,16-17H2,1-3H3. The number of anilines is 1. The molecule has 0 spiro atoms. The molecule has 30 heavy (non-hydrogen) atoms. The van der Waals surface area contributed by atoms with E-state index in [-0.39, 0.29) is 6.54 Å². The van der Waals surface area contributed by atoms with E-state index in [9.17, 15) is 14.4 Å². The maximum absolute atomic E-state index is 13.0. The number of para-hydroxylation sites is 1. The number of carbonyl (C=O) groups is 3. The summed E-state index contributed by atoms with van der Waals surface area (Å²) in [6.07, 6.45) is -0.544. The molecule has 0 heterocycles. The number of nitrogens with zero attached hydrogens (tertiary/aromatic N) is 1. The van der Waals surface area contributed by atoms with Crippen LogP contribution in [0.5, 0.6) is 0 Å². The Labute approximate surface area is 176 Å². The molecule has 0 saturated carbocycles. The van der Waals surface area contributed by atoms with E-state index in [2.05, 4.69) is 0 Å². The fourth-order valence-electron chi connectivity index (χ4n) is 3.09. The van der Waals surface area contributed by atoms with Crippen LogP contribution in [-0.4, -0.2) is 23.3 Å². The zero-order chi connectivity index (χ0) is 21.7. The summed E-state index contributed by atoms with van der Waals surface area (Å²) in [5, 5.41) is 2.18. The Hall–Kier alpha value is -3.47. The van der Waals surface area contributed by atoms with Gasteiger partial charge in [0.1, 0.15) is 5.60 Å². The van der Waals surface area contributed by atoms with Gasteiger partial charge in [0, 0.05) is 5.69 Å². The molecule has 0 aliphatic carbocycles. The van der Waals surface area contributed by atoms with Gasteiger partial charge in [-0.25, -0.2) is 4.79 Å². The Morgan fingerprint density at radius 2 is 1.47 bits per heavy atom. The zero-order valence-electron chi connectivity index (χ0n) is 17.4. The van der Waals surface area contributed by atoms with Crippen LogP contribution in [0.15, 0.2) is 72.8 Å². The topological polar surface area (TPSA) is 63.7 Å². The highest BCUT2D eigenvalue weighted by atomic mass is 16.6. The van der Waals surface area contributed by atoms with Crippen molar-refractivity contribution in [1.29, 1.82) is 0 Å². The highest BCUT2D eigenvalue weighted by Gasteiger charge is 2.27. The van der Waals surface area contributed by atoms with Gasteiger partial charge in [-0.05, 0) is 55.3 Å². The van der Waals surface area contributed by atoms with Crippen LogP contribution in [0.3, 0.4) is 0 Å². The lowest BCUT2D eigenvalue weighted by atomic mass is 10.1. The van der Waals surface area contributed by atoms with Crippen LogP contribution >= 0.6 is 0 Å². The van der Waals surface area contributed by atoms with Crippen molar-refractivity contribution in [1.82, 2.24) is 0 Å². The average molecular weight is 403 g/mol. The summed E-state index contributed by atoms with van der Waals surface area (Å²) in [5.74, 6) is -2.30. The van der Waals surface area contributed by atoms with E-state index in [1.165, 1.54) is 4.90 Å². The number of benzene rings is 3. The predicted octanol–water partition coefficient (Wildman–Crippen LogP) is 4.67. The van der Waals surface area contributed by atoms with Crippen molar-refractivity contribution in [2.45, 2.75) is 39.3 Å². The molecule has 0 fully saturated rings. The fourth-order valence-corrected chi connectivity index (χ4v) is 3.09. The lowest BCUT2D eigenvalue weighted by Crippen LogP contribution is -2.35. The third-order valence-electron chi connectivity index (χ3n) is 4.46. The largest absolute Gasteiger partial charge is 0.454 e. The van der Waals surface area contributed by atoms with Crippen molar-refractivity contribution in [3.63, 3.8) is 0 Å². The first-order valence-corrected chi connectivity index (χ1v) is 9.82. The second-order valence-electron chi connectivity index (χ2n) is 8.10. The molecule has 0 N–H and O–H groups in total. The molecule has 5 nitrogen and oxygen atoms in total. The summed E-state index contributed by atoms with van der Waals surface area (Å²) in [6.45, 7) is 5.32. The molecule has 0 aliphatic rings. The van der Waals surface area contributed by atoms with Crippen LogP contribution in [-0.2, 0) is 25.7 Å². The molecule has 3 aromatic carbocycles. The first kappa shape index (κ1) is 21.2. The number of fused-ring (bicyclic) bond motifs is 1. The Morgan fingerprint density at radius 3 is 2.13 bits per heavy atom. The highest BCUT2D eigenvalue weighted by molar-refractivity contribution is 6.37. The van der Waals surface area contributed by atoms with E-state index in [1.807, 2.05) is 60.7 Å². The fraction of sp³-hybridized carbons (Fsp3) is 0.240. The first-order chi connectivity index (χ1) is 14.2. The molecular weight excluding hydrogens is 378 g/mol. The molecule has 0 bridgehead atoms. The summed E-state index contributed by atoms with van der Waals surface area (Å²) in [7, 11) is 0. The van der Waals surface area contributed by atoms with E-state index in [0.29, 0.717) is 5.69 Å². The monoisotopic (exact) mass is 403 g/mol. The van der Waals surface area contributed by atoms with Crippen molar-refractivity contribution in [3.05, 3.63) is 78.4 Å². The third kappa shape index (κ3) is 5.54. The smallest absolute Gasteiger partial charge is 0.375 e. The van der Waals surface area contributed by atoms with E-state index in [1.54, 1.807) is 32.9 Å². The van der Waals surface area contributed by atoms with Gasteiger partial charge in [-0.1, -0.05) is 54.6 Å². The number of esters is 1. The quantitative estimate of drug-likeness (QED) is 0.341. The molecule has 3 rings (SSSR count). The first-order valence-electron chi connectivity index (χ1n) is 9.82. The maximum Gasteiger partial charge on any atom is 0.375 e. The van der Waals surface area contributed by atoms with Gasteiger partial charge >= 0.3 is 5.97 Å². The Kier molecular flexibility index (Phi) is 6.31. The maximum atomic E-state index is 13.0. The molecule has 1 amide bonds. The minimum absolute atomic E-state index is 0.287. The molecule has 0 radical (unpaired) electrons. The molecule has 154 valence electrons. The Bertz CT molecular complexity index is 1070. The van der Waals surface area contributed by atoms with Crippen LogP contribution in [0, 0.1) is 0 Å². The van der Waals surface area contributed by atoms with Gasteiger partial charge in [0.05, 0.1) is 13.0 Å². The number of ether oxygens (including phenoxy) is 1. The molecule has 0 unspecified atom stereocenters. The lowest BCUT2D eigenvalue weighted by Gasteiger charge is -2.23. The minimum Gasteiger partial charge on any atom is -0.454 e. The van der Waals surface area contributed by atoms with Gasteiger partial charge in [-0.3, -0.25) is 9.59 Å². The summed E-state index contributed by atoms with van der Waals surface area (Å²) in [5.41, 5.74) is 0.795. The number of rotatable bonds is 6. The van der Waals surface area contributed by atoms with Crippen LogP contribution in [0.4, 0.5) is 5.69 Å². The summed E-state index contributed by atoms with van der Waals surface area (Å²) >= 11 is 0. The molecule has 0 aromatic heterocycles. The predicted molar refractivity (Wildman–Crippen MR) is 117 cm³/mol. The van der Waals surface area contributed by atoms with Crippen molar-refractivity contribution < 1.29 is 19.1 Å². The summed E-state index contributed by atoms with van der Waals surface area (Å²) < 4.78 is 5.09. The van der Waals surface area contributed by atoms with Gasteiger partial charge in [0.25, 0.3) is 0 Å². The van der Waals surface area contributed by atoms with Crippen molar-refractivity contribution in [2.75, 3.05) is 4.90 Å². The molecule has 5 heteroatoms. The number of Topliss-reactive ketones (excluding diaryl/α,β-unsaturated/α-hetero) is 1. The number of amides is 1. The number of carbonyl (C=O) groups excluding carboxylic acids is 3. The van der Waals surface area contributed by atoms with Gasteiger partial charge in [-0.2, -0.15) is 0 Å². The van der Waals surface area contributed by atoms with Gasteiger partial charge in [-0.15, -0.1) is 0 Å². The zero-order valence-corrected chi connectivity index (χ0v) is 17.4. The van der Waals surface area contributed by atoms with E-state index in [0.717, 1.165) is 16.3 Å². The second kappa shape index (κ2) is 8.91. The number of hydrogen-bond donors (Lipinski definition) is 0. The summed E-state index contributed by atoms with van der Waals surface area (Å²) in [4.78, 5) is 38.8. The van der Waals surface area contributed by atoms with Crippen molar-refractivity contribution in [3.8, 4) is 0 Å². The van der Waals surface area contributed by atoms with Crippen LogP contribution in [0.1, 0.15) is 32.8 Å². The number of hydrogen-bond acceptors (Lipinski definition) is 4. The van der Waals surface area contributed by atoms with E-state index < -0.39 is 29.7 Å². The van der Waals surface area contributed by atoms with Gasteiger partial charge in [0.15, 0.2) is 0 Å². The van der Waals surface area contributed by atoms with Crippen molar-refractivity contribution in [2.24, 2.45) is 0 Å². The lowest BCUT2D eigenvalue weighted by molar-refractivity contribution is -0.163. The SMILES string of the molecule is CC(C)(C)OC(=O)C(=O)CC(=O)N(Cc1ccc2ccccc2c1)c1ccccc1. The molecule has 3 aromatic rings. The van der Waals surface area contributed by atoms with E-state index in [4.69, 9.17) is 4.74 Å². The third-order valence-corrected chi connectivity index (χ3v) is 4.46. The van der Waals surface area contributed by atoms with Gasteiger partial charge in [0.2, 0.25) is 11.7 Å². The molecule has 0 saturated heterocycles. The van der Waals surface area contributed by atoms with Crippen LogP contribution in [0.2, 0.25) is 0 Å². The van der Waals surface area contributed by atoms with E-state index >= 15 is 0 Å². The molecular formula is C25H25NO4. The highest BCUT2D eigenvalue weighted by Crippen LogP contribution is 2.21. The minimum atomic E-state index is -0.991. The summed E-state index contributed by atoms with van der Waals surface area (Å²) in [6, 6.07) is 23.1. The van der Waals surface area contributed by atoms with Crippen LogP contribution in [0.25, 0.3) is 10.8 Å². The molecule has 0 aliphatic heterocycles. The second-order valence-corrected chi connectivity index (χ2v) is 8.10. The Morgan fingerprint density at radius 1 is 0.833 bits per heavy atom. The van der Waals surface area contributed by atoms with Gasteiger partial charge < -0.3 is 9.64 Å². The molecule has 0 atom stereocenters. The Balaban J connectivity index is 1.82. The normalized spacial score (nSPS) is 11.2.